The van der Waals surface area contributed by atoms with E-state index < -0.39 is 0 Å². The Balaban J connectivity index is 2.43. The molecular formula is C15H24N2OS2. The smallest absolute Gasteiger partial charge is 0.120 e. The molecule has 1 aromatic rings. The van der Waals surface area contributed by atoms with Gasteiger partial charge in [0.05, 0.1) is 0 Å². The lowest BCUT2D eigenvalue weighted by Crippen LogP contribution is -2.36. The van der Waals surface area contributed by atoms with Crippen LogP contribution in [0.2, 0.25) is 0 Å². The second-order valence-corrected chi connectivity index (χ2v) is 6.09. The number of thiocarbonyl (C=S) groups is 1. The molecule has 1 rings (SSSR count). The molecule has 0 radical (unpaired) electrons. The molecular weight excluding hydrogens is 288 g/mol. The Morgan fingerprint density at radius 1 is 1.50 bits per heavy atom. The summed E-state index contributed by atoms with van der Waals surface area (Å²) in [6.45, 7) is 3.81. The molecule has 112 valence electrons. The lowest BCUT2D eigenvalue weighted by atomic mass is 10.2. The summed E-state index contributed by atoms with van der Waals surface area (Å²) in [6.07, 6.45) is 3.31. The van der Waals surface area contributed by atoms with Crippen molar-refractivity contribution in [3.63, 3.8) is 0 Å². The molecule has 0 saturated carbocycles. The molecule has 3 nitrogen and oxygen atoms in total. The summed E-state index contributed by atoms with van der Waals surface area (Å²) in [5.41, 5.74) is 6.46. The van der Waals surface area contributed by atoms with E-state index in [0.717, 1.165) is 30.0 Å². The summed E-state index contributed by atoms with van der Waals surface area (Å²) < 4.78 is 5.78. The normalized spacial score (nSPS) is 12.4. The van der Waals surface area contributed by atoms with Gasteiger partial charge >= 0.3 is 0 Å². The molecule has 1 unspecified atom stereocenters. The molecule has 2 N–H and O–H groups in total. The Bertz CT molecular complexity index is 426. The first kappa shape index (κ1) is 17.3. The van der Waals surface area contributed by atoms with Crippen molar-refractivity contribution in [2.75, 3.05) is 32.2 Å². The Morgan fingerprint density at radius 2 is 2.25 bits per heavy atom. The van der Waals surface area contributed by atoms with Crippen LogP contribution >= 0.6 is 24.0 Å². The van der Waals surface area contributed by atoms with Crippen molar-refractivity contribution < 1.29 is 4.74 Å². The van der Waals surface area contributed by atoms with Crippen molar-refractivity contribution in [3.8, 4) is 5.75 Å². The average molecular weight is 313 g/mol. The van der Waals surface area contributed by atoms with Crippen LogP contribution in [0.4, 0.5) is 0 Å². The number of hydrogen-bond donors (Lipinski definition) is 1. The zero-order chi connectivity index (χ0) is 15.0. The molecule has 0 aromatic heterocycles. The van der Waals surface area contributed by atoms with Gasteiger partial charge in [0.1, 0.15) is 17.3 Å². The highest BCUT2D eigenvalue weighted by Crippen LogP contribution is 2.14. The first-order valence-electron chi connectivity index (χ1n) is 6.80. The van der Waals surface area contributed by atoms with Crippen LogP contribution in [0.5, 0.6) is 5.75 Å². The number of hydrogen-bond acceptors (Lipinski definition) is 4. The van der Waals surface area contributed by atoms with Crippen molar-refractivity contribution in [2.24, 2.45) is 5.73 Å². The summed E-state index contributed by atoms with van der Waals surface area (Å²) >= 11 is 6.85. The molecule has 1 atom stereocenters. The topological polar surface area (TPSA) is 38.5 Å². The number of benzene rings is 1. The minimum Gasteiger partial charge on any atom is -0.492 e. The van der Waals surface area contributed by atoms with Crippen molar-refractivity contribution in [3.05, 3.63) is 29.8 Å². The highest BCUT2D eigenvalue weighted by Gasteiger charge is 2.11. The summed E-state index contributed by atoms with van der Waals surface area (Å²) in [6, 6.07) is 8.24. The van der Waals surface area contributed by atoms with Gasteiger partial charge in [0.15, 0.2) is 0 Å². The largest absolute Gasteiger partial charge is 0.492 e. The fraction of sp³-hybridized carbons (Fsp3) is 0.533. The molecule has 5 heteroatoms. The second kappa shape index (κ2) is 9.21. The molecule has 0 aliphatic rings. The predicted molar refractivity (Wildman–Crippen MR) is 92.9 cm³/mol. The standard InChI is InChI=1S/C15H24N2OS2/c1-4-13(11-20-3)17(2)8-9-18-14-7-5-6-12(10-14)15(16)19/h5-7,10,13H,4,8-9,11H2,1-3H3,(H2,16,19). The van der Waals surface area contributed by atoms with Gasteiger partial charge < -0.3 is 10.5 Å². The van der Waals surface area contributed by atoms with Crippen LogP contribution in [0, 0.1) is 0 Å². The zero-order valence-corrected chi connectivity index (χ0v) is 14.1. The van der Waals surface area contributed by atoms with Gasteiger partial charge in [-0.1, -0.05) is 31.3 Å². The maximum Gasteiger partial charge on any atom is 0.120 e. The summed E-state index contributed by atoms with van der Waals surface area (Å²) in [5.74, 6) is 1.98. The van der Waals surface area contributed by atoms with E-state index in [-0.39, 0.29) is 0 Å². The minimum absolute atomic E-state index is 0.401. The summed E-state index contributed by atoms with van der Waals surface area (Å²) in [7, 11) is 2.15. The fourth-order valence-electron chi connectivity index (χ4n) is 1.98. The quantitative estimate of drug-likeness (QED) is 0.710. The third-order valence-corrected chi connectivity index (χ3v) is 4.24. The van der Waals surface area contributed by atoms with Gasteiger partial charge in [-0.2, -0.15) is 11.8 Å². The highest BCUT2D eigenvalue weighted by molar-refractivity contribution is 7.98. The number of likely N-dealkylation sites (N-methyl/N-ethyl adjacent to an activating group) is 1. The first-order chi connectivity index (χ1) is 9.58. The van der Waals surface area contributed by atoms with Crippen molar-refractivity contribution in [2.45, 2.75) is 19.4 Å². The van der Waals surface area contributed by atoms with Crippen LogP contribution in [0.3, 0.4) is 0 Å². The van der Waals surface area contributed by atoms with Crippen LogP contribution in [0.25, 0.3) is 0 Å². The van der Waals surface area contributed by atoms with Crippen molar-refractivity contribution in [1.82, 2.24) is 4.90 Å². The number of rotatable bonds is 9. The fourth-order valence-corrected chi connectivity index (χ4v) is 2.98. The Hall–Kier alpha value is -0.780. The van der Waals surface area contributed by atoms with E-state index >= 15 is 0 Å². The van der Waals surface area contributed by atoms with Crippen LogP contribution < -0.4 is 10.5 Å². The first-order valence-corrected chi connectivity index (χ1v) is 8.60. The molecule has 0 spiro atoms. The van der Waals surface area contributed by atoms with Crippen LogP contribution in [-0.2, 0) is 0 Å². The SMILES string of the molecule is CCC(CSC)N(C)CCOc1cccc(C(N)=S)c1. The van der Waals surface area contributed by atoms with Gasteiger partial charge in [-0.3, -0.25) is 4.90 Å². The van der Waals surface area contributed by atoms with Gasteiger partial charge in [-0.15, -0.1) is 0 Å². The van der Waals surface area contributed by atoms with Crippen LogP contribution in [-0.4, -0.2) is 48.1 Å². The van der Waals surface area contributed by atoms with Gasteiger partial charge in [-0.25, -0.2) is 0 Å². The summed E-state index contributed by atoms with van der Waals surface area (Å²) in [5, 5.41) is 0. The number of thioether (sulfide) groups is 1. The highest BCUT2D eigenvalue weighted by atomic mass is 32.2. The second-order valence-electron chi connectivity index (χ2n) is 4.74. The van der Waals surface area contributed by atoms with Gasteiger partial charge in [0, 0.05) is 23.9 Å². The Labute approximate surface area is 131 Å². The third-order valence-electron chi connectivity index (χ3n) is 3.28. The minimum atomic E-state index is 0.401. The lowest BCUT2D eigenvalue weighted by Gasteiger charge is -2.26. The monoisotopic (exact) mass is 312 g/mol. The van der Waals surface area contributed by atoms with Crippen molar-refractivity contribution in [1.29, 1.82) is 0 Å². The van der Waals surface area contributed by atoms with Crippen LogP contribution in [0.1, 0.15) is 18.9 Å². The predicted octanol–water partition coefficient (Wildman–Crippen LogP) is 2.77. The molecule has 0 aliphatic heterocycles. The number of nitrogens with two attached hydrogens (primary N) is 1. The average Bonchev–Trinajstić information content (AvgIpc) is 2.44. The van der Waals surface area contributed by atoms with E-state index in [1.54, 1.807) is 0 Å². The third kappa shape index (κ3) is 5.69. The molecule has 20 heavy (non-hydrogen) atoms. The van der Waals surface area contributed by atoms with E-state index in [1.165, 1.54) is 0 Å². The molecule has 0 aliphatic carbocycles. The van der Waals surface area contributed by atoms with E-state index in [2.05, 4.69) is 25.1 Å². The van der Waals surface area contributed by atoms with Gasteiger partial charge in [-0.05, 0) is 31.9 Å². The Morgan fingerprint density at radius 3 is 2.85 bits per heavy atom. The maximum atomic E-state index is 5.78. The molecule has 0 fully saturated rings. The van der Waals surface area contributed by atoms with E-state index in [0.29, 0.717) is 17.6 Å². The van der Waals surface area contributed by atoms with Gasteiger partial charge in [0.2, 0.25) is 0 Å². The number of ether oxygens (including phenoxy) is 1. The Kier molecular flexibility index (Phi) is 7.95. The van der Waals surface area contributed by atoms with E-state index in [1.807, 2.05) is 36.0 Å². The maximum absolute atomic E-state index is 5.78. The van der Waals surface area contributed by atoms with E-state index in [9.17, 15) is 0 Å². The molecule has 0 saturated heterocycles. The van der Waals surface area contributed by atoms with Crippen molar-refractivity contribution >= 4 is 29.0 Å². The van der Waals surface area contributed by atoms with E-state index in [4.69, 9.17) is 22.7 Å². The molecule has 0 heterocycles. The molecule has 1 aromatic carbocycles. The number of nitrogens with zero attached hydrogens (tertiary/aromatic N) is 1. The summed E-state index contributed by atoms with van der Waals surface area (Å²) in [4.78, 5) is 2.76. The molecule has 0 amide bonds. The molecule has 0 bridgehead atoms. The van der Waals surface area contributed by atoms with Crippen LogP contribution in [0.15, 0.2) is 24.3 Å². The van der Waals surface area contributed by atoms with Gasteiger partial charge in [0.25, 0.3) is 0 Å². The zero-order valence-electron chi connectivity index (χ0n) is 12.5. The lowest BCUT2D eigenvalue weighted by molar-refractivity contribution is 0.199.